The molecule has 0 saturated carbocycles. The van der Waals surface area contributed by atoms with Gasteiger partial charge in [-0.25, -0.2) is 0 Å². The van der Waals surface area contributed by atoms with Gasteiger partial charge >= 0.3 is 0 Å². The molecule has 0 aliphatic heterocycles. The third-order valence-electron chi connectivity index (χ3n) is 3.32. The lowest BCUT2D eigenvalue weighted by Crippen LogP contribution is -2.04. The van der Waals surface area contributed by atoms with E-state index in [-0.39, 0.29) is 0 Å². The maximum atomic E-state index is 10.6. The summed E-state index contributed by atoms with van der Waals surface area (Å²) in [5.74, 6) is 0.831. The Morgan fingerprint density at radius 1 is 1.05 bits per heavy atom. The van der Waals surface area contributed by atoms with Crippen molar-refractivity contribution < 1.29 is 14.6 Å². The summed E-state index contributed by atoms with van der Waals surface area (Å²) in [7, 11) is 1.66. The molecule has 1 N–H and O–H groups in total. The molecular formula is C18H22O3. The van der Waals surface area contributed by atoms with E-state index in [1.807, 2.05) is 48.5 Å². The summed E-state index contributed by atoms with van der Waals surface area (Å²) in [4.78, 5) is 0. The summed E-state index contributed by atoms with van der Waals surface area (Å²) in [5.41, 5.74) is 2.72. The smallest absolute Gasteiger partial charge is 0.119 e. The highest BCUT2D eigenvalue weighted by atomic mass is 16.5. The van der Waals surface area contributed by atoms with Gasteiger partial charge in [-0.2, -0.15) is 0 Å². The van der Waals surface area contributed by atoms with Crippen LogP contribution in [0.5, 0.6) is 5.75 Å². The highest BCUT2D eigenvalue weighted by molar-refractivity contribution is 5.37. The third-order valence-corrected chi connectivity index (χ3v) is 3.32. The van der Waals surface area contributed by atoms with E-state index >= 15 is 0 Å². The van der Waals surface area contributed by atoms with Gasteiger partial charge in [0.1, 0.15) is 11.9 Å². The minimum Gasteiger partial charge on any atom is -0.494 e. The number of rotatable bonds is 7. The molecule has 112 valence electrons. The minimum atomic E-state index is -0.656. The van der Waals surface area contributed by atoms with Gasteiger partial charge in [-0.3, -0.25) is 0 Å². The zero-order valence-electron chi connectivity index (χ0n) is 12.6. The van der Waals surface area contributed by atoms with Crippen molar-refractivity contribution >= 4 is 0 Å². The Bertz CT molecular complexity index is 549. The molecule has 2 rings (SSSR count). The van der Waals surface area contributed by atoms with E-state index < -0.39 is 6.10 Å². The first-order valence-corrected chi connectivity index (χ1v) is 7.23. The van der Waals surface area contributed by atoms with Gasteiger partial charge in [0.05, 0.1) is 13.2 Å². The van der Waals surface area contributed by atoms with Crippen molar-refractivity contribution in [3.8, 4) is 5.75 Å². The lowest BCUT2D eigenvalue weighted by atomic mass is 9.97. The Balaban J connectivity index is 2.17. The molecule has 0 radical (unpaired) electrons. The molecule has 1 atom stereocenters. The zero-order valence-corrected chi connectivity index (χ0v) is 12.6. The fraction of sp³-hybridized carbons (Fsp3) is 0.333. The summed E-state index contributed by atoms with van der Waals surface area (Å²) < 4.78 is 10.7. The first-order chi connectivity index (χ1) is 10.3. The van der Waals surface area contributed by atoms with E-state index in [0.29, 0.717) is 13.2 Å². The van der Waals surface area contributed by atoms with Crippen LogP contribution >= 0.6 is 0 Å². The SMILES string of the molecule is CCCOc1ccc(C(O)c2ccccc2COC)cc1. The predicted octanol–water partition coefficient (Wildman–Crippen LogP) is 3.70. The number of benzene rings is 2. The first-order valence-electron chi connectivity index (χ1n) is 7.23. The molecule has 0 fully saturated rings. The summed E-state index contributed by atoms with van der Waals surface area (Å²) in [6, 6.07) is 15.4. The van der Waals surface area contributed by atoms with E-state index in [1.54, 1.807) is 7.11 Å². The van der Waals surface area contributed by atoms with Crippen molar-refractivity contribution in [1.82, 2.24) is 0 Å². The number of hydrogen-bond donors (Lipinski definition) is 1. The Labute approximate surface area is 126 Å². The largest absolute Gasteiger partial charge is 0.494 e. The Kier molecular flexibility index (Phi) is 5.78. The fourth-order valence-electron chi connectivity index (χ4n) is 2.23. The molecule has 0 aliphatic carbocycles. The lowest BCUT2D eigenvalue weighted by molar-refractivity contribution is 0.176. The molecule has 0 heterocycles. The van der Waals surface area contributed by atoms with E-state index in [9.17, 15) is 5.11 Å². The summed E-state index contributed by atoms with van der Waals surface area (Å²) in [6.07, 6.45) is 0.325. The topological polar surface area (TPSA) is 38.7 Å². The van der Waals surface area contributed by atoms with Crippen LogP contribution in [0, 0.1) is 0 Å². The van der Waals surface area contributed by atoms with Crippen LogP contribution in [0.15, 0.2) is 48.5 Å². The molecule has 2 aromatic carbocycles. The summed E-state index contributed by atoms with van der Waals surface area (Å²) in [5, 5.41) is 10.6. The number of aliphatic hydroxyl groups is 1. The van der Waals surface area contributed by atoms with Crippen LogP contribution < -0.4 is 4.74 Å². The average Bonchev–Trinajstić information content (AvgIpc) is 2.53. The monoisotopic (exact) mass is 286 g/mol. The van der Waals surface area contributed by atoms with Crippen LogP contribution in [0.1, 0.15) is 36.1 Å². The quantitative estimate of drug-likeness (QED) is 0.843. The maximum absolute atomic E-state index is 10.6. The molecule has 2 aromatic rings. The van der Waals surface area contributed by atoms with Gasteiger partial charge in [0.2, 0.25) is 0 Å². The van der Waals surface area contributed by atoms with Crippen molar-refractivity contribution in [2.75, 3.05) is 13.7 Å². The number of ether oxygens (including phenoxy) is 2. The van der Waals surface area contributed by atoms with Gasteiger partial charge in [-0.05, 0) is 35.2 Å². The lowest BCUT2D eigenvalue weighted by Gasteiger charge is -2.16. The fourth-order valence-corrected chi connectivity index (χ4v) is 2.23. The molecule has 3 nitrogen and oxygen atoms in total. The van der Waals surface area contributed by atoms with Gasteiger partial charge in [-0.1, -0.05) is 43.3 Å². The second-order valence-corrected chi connectivity index (χ2v) is 4.95. The molecule has 3 heteroatoms. The van der Waals surface area contributed by atoms with E-state index in [1.165, 1.54) is 0 Å². The first kappa shape index (κ1) is 15.5. The van der Waals surface area contributed by atoms with E-state index in [0.717, 1.165) is 28.9 Å². The molecule has 0 aliphatic rings. The molecule has 0 spiro atoms. The molecule has 21 heavy (non-hydrogen) atoms. The summed E-state index contributed by atoms with van der Waals surface area (Å²) >= 11 is 0. The molecule has 0 bridgehead atoms. The highest BCUT2D eigenvalue weighted by Crippen LogP contribution is 2.27. The second-order valence-electron chi connectivity index (χ2n) is 4.95. The summed E-state index contributed by atoms with van der Waals surface area (Å²) in [6.45, 7) is 3.27. The molecule has 0 saturated heterocycles. The van der Waals surface area contributed by atoms with Crippen LogP contribution in [0.25, 0.3) is 0 Å². The van der Waals surface area contributed by atoms with Crippen molar-refractivity contribution in [2.45, 2.75) is 26.1 Å². The van der Waals surface area contributed by atoms with Crippen LogP contribution in [0.2, 0.25) is 0 Å². The normalized spacial score (nSPS) is 12.1. The van der Waals surface area contributed by atoms with Gasteiger partial charge in [-0.15, -0.1) is 0 Å². The number of aliphatic hydroxyl groups excluding tert-OH is 1. The van der Waals surface area contributed by atoms with Crippen molar-refractivity contribution in [3.63, 3.8) is 0 Å². The van der Waals surface area contributed by atoms with E-state index in [4.69, 9.17) is 9.47 Å². The molecule has 1 unspecified atom stereocenters. The van der Waals surface area contributed by atoms with Gasteiger partial charge in [0.25, 0.3) is 0 Å². The Hall–Kier alpha value is -1.84. The number of methoxy groups -OCH3 is 1. The van der Waals surface area contributed by atoms with Crippen molar-refractivity contribution in [1.29, 1.82) is 0 Å². The van der Waals surface area contributed by atoms with E-state index in [2.05, 4.69) is 6.92 Å². The van der Waals surface area contributed by atoms with Crippen molar-refractivity contribution in [3.05, 3.63) is 65.2 Å². The highest BCUT2D eigenvalue weighted by Gasteiger charge is 2.14. The Morgan fingerprint density at radius 2 is 1.76 bits per heavy atom. The van der Waals surface area contributed by atoms with Crippen molar-refractivity contribution in [2.24, 2.45) is 0 Å². The molecule has 0 amide bonds. The number of hydrogen-bond acceptors (Lipinski definition) is 3. The standard InChI is InChI=1S/C18H22O3/c1-3-12-21-16-10-8-14(9-11-16)18(19)17-7-5-4-6-15(17)13-20-2/h4-11,18-19H,3,12-13H2,1-2H3. The van der Waals surface area contributed by atoms with Gasteiger partial charge < -0.3 is 14.6 Å². The third kappa shape index (κ3) is 4.06. The zero-order chi connectivity index (χ0) is 15.1. The predicted molar refractivity (Wildman–Crippen MR) is 83.4 cm³/mol. The van der Waals surface area contributed by atoms with Crippen LogP contribution in [0.4, 0.5) is 0 Å². The van der Waals surface area contributed by atoms with Crippen LogP contribution in [0.3, 0.4) is 0 Å². The molecule has 0 aromatic heterocycles. The average molecular weight is 286 g/mol. The molecular weight excluding hydrogens is 264 g/mol. The minimum absolute atomic E-state index is 0.491. The maximum Gasteiger partial charge on any atom is 0.119 e. The Morgan fingerprint density at radius 3 is 2.43 bits per heavy atom. The van der Waals surface area contributed by atoms with Crippen LogP contribution in [-0.2, 0) is 11.3 Å². The van der Waals surface area contributed by atoms with Crippen LogP contribution in [-0.4, -0.2) is 18.8 Å². The van der Waals surface area contributed by atoms with Gasteiger partial charge in [0.15, 0.2) is 0 Å². The second kappa shape index (κ2) is 7.81. The van der Waals surface area contributed by atoms with Gasteiger partial charge in [0, 0.05) is 7.11 Å².